The van der Waals surface area contributed by atoms with E-state index in [1.807, 2.05) is 0 Å². The van der Waals surface area contributed by atoms with Crippen molar-refractivity contribution in [3.05, 3.63) is 97.2 Å². The van der Waals surface area contributed by atoms with Crippen LogP contribution in [0.15, 0.2) is 97.2 Å². The van der Waals surface area contributed by atoms with Crippen LogP contribution >= 0.6 is 0 Å². The first-order valence-corrected chi connectivity index (χ1v) is 30.2. The van der Waals surface area contributed by atoms with Crippen LogP contribution in [0.25, 0.3) is 0 Å². The summed E-state index contributed by atoms with van der Waals surface area (Å²) in [7, 11) is 0. The minimum absolute atomic E-state index is 0.0415. The Balaban J connectivity index is 2.73. The molecule has 1 rings (SSSR count). The second kappa shape index (κ2) is 52.3. The zero-order chi connectivity index (χ0) is 56.1. The number of hydrogen-bond donors (Lipinski definition) is 3. The van der Waals surface area contributed by atoms with Crippen LogP contribution in [0.4, 0.5) is 0 Å². The van der Waals surface area contributed by atoms with E-state index in [2.05, 4.69) is 118 Å². The van der Waals surface area contributed by atoms with Crippen LogP contribution < -0.4 is 0 Å². The van der Waals surface area contributed by atoms with E-state index in [1.165, 1.54) is 44.9 Å². The number of aliphatic hydroxyl groups is 2. The molecule has 6 unspecified atom stereocenters. The summed E-state index contributed by atoms with van der Waals surface area (Å²) in [6.07, 6.45) is 56.6. The molecule has 12 nitrogen and oxygen atoms in total. The van der Waals surface area contributed by atoms with E-state index in [9.17, 15) is 34.5 Å². The van der Waals surface area contributed by atoms with Crippen molar-refractivity contribution in [2.24, 2.45) is 0 Å². The second-order valence-corrected chi connectivity index (χ2v) is 20.2. The smallest absolute Gasteiger partial charge is 0.335 e. The minimum atomic E-state index is -1.92. The molecule has 0 radical (unpaired) electrons. The topological polar surface area (TPSA) is 175 Å². The fraction of sp³-hybridized carbons (Fsp3) is 0.692. The molecule has 1 aliphatic rings. The molecule has 77 heavy (non-hydrogen) atoms. The van der Waals surface area contributed by atoms with Crippen LogP contribution in [0.5, 0.6) is 0 Å². The Morgan fingerprint density at radius 2 is 0.818 bits per heavy atom. The summed E-state index contributed by atoms with van der Waals surface area (Å²) in [6.45, 7) is 5.79. The molecule has 0 spiro atoms. The molecular weight excluding hydrogens is 973 g/mol. The first-order valence-electron chi connectivity index (χ1n) is 30.2. The van der Waals surface area contributed by atoms with Gasteiger partial charge in [-0.2, -0.15) is 0 Å². The van der Waals surface area contributed by atoms with Crippen molar-refractivity contribution >= 4 is 23.9 Å². The van der Waals surface area contributed by atoms with Crippen LogP contribution in [0.2, 0.25) is 0 Å². The van der Waals surface area contributed by atoms with E-state index in [0.29, 0.717) is 19.3 Å². The Bertz CT molecular complexity index is 1710. The van der Waals surface area contributed by atoms with E-state index in [0.717, 1.165) is 135 Å². The van der Waals surface area contributed by atoms with E-state index in [4.69, 9.17) is 23.7 Å². The molecule has 1 aliphatic heterocycles. The highest BCUT2D eigenvalue weighted by Gasteiger charge is 2.50. The normalized spacial score (nSPS) is 18.7. The number of allylic oxidation sites excluding steroid dienone is 16. The van der Waals surface area contributed by atoms with E-state index < -0.39 is 67.3 Å². The van der Waals surface area contributed by atoms with Gasteiger partial charge in [-0.25, -0.2) is 4.79 Å². The number of aliphatic hydroxyl groups excluding tert-OH is 2. The molecular formula is C65H106O12. The average molecular weight is 1080 g/mol. The molecule has 1 fully saturated rings. The van der Waals surface area contributed by atoms with Gasteiger partial charge < -0.3 is 39.0 Å². The maximum Gasteiger partial charge on any atom is 0.335 e. The molecule has 438 valence electrons. The van der Waals surface area contributed by atoms with Gasteiger partial charge in [-0.3, -0.25) is 14.4 Å². The Hall–Kier alpha value is -4.36. The van der Waals surface area contributed by atoms with Crippen molar-refractivity contribution in [3.63, 3.8) is 0 Å². The first kappa shape index (κ1) is 70.7. The molecule has 0 bridgehead atoms. The number of esters is 3. The maximum absolute atomic E-state index is 13.2. The predicted octanol–water partition coefficient (Wildman–Crippen LogP) is 15.7. The van der Waals surface area contributed by atoms with Gasteiger partial charge in [0.1, 0.15) is 18.8 Å². The third-order valence-corrected chi connectivity index (χ3v) is 13.1. The zero-order valence-corrected chi connectivity index (χ0v) is 48.2. The van der Waals surface area contributed by atoms with Gasteiger partial charge in [0, 0.05) is 19.3 Å². The van der Waals surface area contributed by atoms with Crippen molar-refractivity contribution in [2.75, 3.05) is 13.2 Å². The Morgan fingerprint density at radius 3 is 1.30 bits per heavy atom. The monoisotopic (exact) mass is 1080 g/mol. The van der Waals surface area contributed by atoms with Crippen LogP contribution in [0, 0.1) is 0 Å². The lowest BCUT2D eigenvalue weighted by Crippen LogP contribution is -2.61. The molecule has 0 aliphatic carbocycles. The fourth-order valence-corrected chi connectivity index (χ4v) is 8.48. The van der Waals surface area contributed by atoms with E-state index >= 15 is 0 Å². The van der Waals surface area contributed by atoms with Crippen molar-refractivity contribution in [2.45, 2.75) is 276 Å². The molecule has 12 heteroatoms. The third kappa shape index (κ3) is 42.3. The number of carbonyl (C=O) groups is 4. The van der Waals surface area contributed by atoms with Crippen LogP contribution in [0.3, 0.4) is 0 Å². The number of carboxylic acids is 1. The Labute approximate surface area is 466 Å². The van der Waals surface area contributed by atoms with Crippen LogP contribution in [0.1, 0.15) is 239 Å². The molecule has 0 aromatic rings. The predicted molar refractivity (Wildman–Crippen MR) is 312 cm³/mol. The summed E-state index contributed by atoms with van der Waals surface area (Å²) in [5.74, 6) is -3.20. The number of hydrogen-bond acceptors (Lipinski definition) is 11. The third-order valence-electron chi connectivity index (χ3n) is 13.1. The number of aliphatic carboxylic acids is 1. The summed E-state index contributed by atoms with van der Waals surface area (Å²) in [6, 6.07) is 0. The molecule has 0 aromatic heterocycles. The summed E-state index contributed by atoms with van der Waals surface area (Å²) in [4.78, 5) is 51.1. The van der Waals surface area contributed by atoms with E-state index in [1.54, 1.807) is 0 Å². The van der Waals surface area contributed by atoms with Gasteiger partial charge in [0.25, 0.3) is 0 Å². The molecule has 6 atom stereocenters. The van der Waals surface area contributed by atoms with Crippen molar-refractivity contribution in [1.29, 1.82) is 0 Å². The van der Waals surface area contributed by atoms with E-state index in [-0.39, 0.29) is 25.9 Å². The maximum atomic E-state index is 13.2. The SMILES string of the molecule is CC/C=C\C/C=C\C/C=C\C/C=C\C/C=C\CCCCCC(=O)OCC(COC1OC(C(=O)O)C(O)C(O)C1OC(=O)CCCCCCC/C=C\CCCCCC)OC(=O)CCCCCCC/C=C\C/C=C\CCCCC. The minimum Gasteiger partial charge on any atom is -0.479 e. The first-order chi connectivity index (χ1) is 37.6. The number of unbranched alkanes of at least 4 members (excludes halogenated alkanes) is 20. The van der Waals surface area contributed by atoms with Gasteiger partial charge in [0.15, 0.2) is 24.6 Å². The summed E-state index contributed by atoms with van der Waals surface area (Å²) in [5, 5.41) is 31.5. The highest BCUT2D eigenvalue weighted by molar-refractivity contribution is 5.74. The lowest BCUT2D eigenvalue weighted by molar-refractivity contribution is -0.301. The highest BCUT2D eigenvalue weighted by Crippen LogP contribution is 2.26. The quantitative estimate of drug-likeness (QED) is 0.0228. The average Bonchev–Trinajstić information content (AvgIpc) is 3.42. The molecule has 0 aromatic carbocycles. The zero-order valence-electron chi connectivity index (χ0n) is 48.2. The van der Waals surface area contributed by atoms with Gasteiger partial charge in [0.05, 0.1) is 6.61 Å². The number of ether oxygens (including phenoxy) is 5. The second-order valence-electron chi connectivity index (χ2n) is 20.2. The van der Waals surface area contributed by atoms with Gasteiger partial charge in [-0.1, -0.05) is 195 Å². The van der Waals surface area contributed by atoms with Gasteiger partial charge in [-0.05, 0) is 122 Å². The number of rotatable bonds is 50. The molecule has 3 N–H and O–H groups in total. The Kier molecular flexibility index (Phi) is 48.0. The van der Waals surface area contributed by atoms with Gasteiger partial charge in [-0.15, -0.1) is 0 Å². The lowest BCUT2D eigenvalue weighted by atomic mass is 9.98. The summed E-state index contributed by atoms with van der Waals surface area (Å²) < 4.78 is 28.4. The Morgan fingerprint density at radius 1 is 0.442 bits per heavy atom. The van der Waals surface area contributed by atoms with Crippen molar-refractivity contribution in [3.8, 4) is 0 Å². The fourth-order valence-electron chi connectivity index (χ4n) is 8.48. The van der Waals surface area contributed by atoms with Crippen LogP contribution in [-0.2, 0) is 42.9 Å². The highest BCUT2D eigenvalue weighted by atomic mass is 16.7. The van der Waals surface area contributed by atoms with Crippen molar-refractivity contribution in [1.82, 2.24) is 0 Å². The number of carboxylic acid groups (broad SMARTS) is 1. The summed E-state index contributed by atoms with van der Waals surface area (Å²) >= 11 is 0. The van der Waals surface area contributed by atoms with Gasteiger partial charge >= 0.3 is 23.9 Å². The van der Waals surface area contributed by atoms with Crippen LogP contribution in [-0.4, -0.2) is 89.2 Å². The van der Waals surface area contributed by atoms with Gasteiger partial charge in [0.2, 0.25) is 0 Å². The van der Waals surface area contributed by atoms with Crippen molar-refractivity contribution < 1.29 is 58.2 Å². The number of carbonyl (C=O) groups excluding carboxylic acids is 3. The molecule has 0 amide bonds. The summed E-state index contributed by atoms with van der Waals surface area (Å²) in [5.41, 5.74) is 0. The standard InChI is InChI=1S/C65H106O12/c1-4-7-10-13-16-19-22-25-27-28-29-30-32-34-36-39-42-45-48-51-57(66)73-54-56(75-58(67)52-49-46-43-40-38-35-31-26-23-20-17-14-11-8-5-2)55-74-65-63(61(70)60(69)62(77-65)64(71)72)76-59(68)53-50-47-44-41-37-33-24-21-18-15-12-9-6-3/h7,10,16-17,19-21,24-27,29-31,34,36,56,60-63,65,69-70H,4-6,8-9,11-15,18,22-23,28,32-33,35,37-55H2,1-3H3,(H,71,72)/b10-7-,19-16-,20-17-,24-21-,27-25-,30-29-,31-26-,36-34-. The molecule has 1 saturated heterocycles. The molecule has 0 saturated carbocycles. The lowest BCUT2D eigenvalue weighted by Gasteiger charge is -2.40. The largest absolute Gasteiger partial charge is 0.479 e. The molecule has 1 heterocycles.